The molecule has 3 aliphatic rings. The normalized spacial score (nSPS) is 39.6. The maximum absolute atomic E-state index is 12.3. The zero-order valence-electron chi connectivity index (χ0n) is 9.70. The molecular weight excluding hydrogens is 261 g/mol. The molecule has 0 spiro atoms. The van der Waals surface area contributed by atoms with Crippen molar-refractivity contribution in [2.45, 2.75) is 48.6 Å². The summed E-state index contributed by atoms with van der Waals surface area (Å²) in [5.74, 6) is -0.0540. The van der Waals surface area contributed by atoms with Gasteiger partial charge in [-0.2, -0.15) is 0 Å². The van der Waals surface area contributed by atoms with E-state index in [-0.39, 0.29) is 24.0 Å². The Kier molecular flexibility index (Phi) is 3.04. The van der Waals surface area contributed by atoms with Crippen molar-refractivity contribution in [1.29, 1.82) is 0 Å². The molecule has 0 unspecified atom stereocenters. The molecule has 1 heterocycles. The van der Waals surface area contributed by atoms with Crippen LogP contribution >= 0.6 is 23.2 Å². The van der Waals surface area contributed by atoms with Crippen LogP contribution in [0.3, 0.4) is 0 Å². The van der Waals surface area contributed by atoms with E-state index in [1.54, 1.807) is 0 Å². The summed E-state index contributed by atoms with van der Waals surface area (Å²) in [5, 5.41) is 0. The number of nitrogens with zero attached hydrogens (tertiary/aromatic N) is 1. The minimum Gasteiger partial charge on any atom is -0.374 e. The Bertz CT molecular complexity index is 332. The van der Waals surface area contributed by atoms with Crippen LogP contribution in [0.15, 0.2) is 0 Å². The molecule has 0 N–H and O–H groups in total. The average molecular weight is 278 g/mol. The molecule has 17 heavy (non-hydrogen) atoms. The van der Waals surface area contributed by atoms with Crippen LogP contribution in [0.4, 0.5) is 0 Å². The molecule has 1 saturated heterocycles. The first-order chi connectivity index (χ1) is 8.09. The first-order valence-corrected chi connectivity index (χ1v) is 7.15. The molecule has 0 bridgehead atoms. The van der Waals surface area contributed by atoms with Gasteiger partial charge in [0.15, 0.2) is 0 Å². The quantitative estimate of drug-likeness (QED) is 0.689. The van der Waals surface area contributed by atoms with Gasteiger partial charge in [0.2, 0.25) is 5.91 Å². The number of morpholine rings is 1. The van der Waals surface area contributed by atoms with Crippen LogP contribution < -0.4 is 0 Å². The molecular formula is C12H17Cl2NO2. The number of halogens is 2. The molecule has 3 fully saturated rings. The van der Waals surface area contributed by atoms with E-state index in [0.29, 0.717) is 19.6 Å². The summed E-state index contributed by atoms with van der Waals surface area (Å²) in [6, 6.07) is 0.259. The number of alkyl halides is 2. The van der Waals surface area contributed by atoms with Gasteiger partial charge in [0, 0.05) is 6.54 Å². The van der Waals surface area contributed by atoms with Gasteiger partial charge in [-0.1, -0.05) is 12.8 Å². The summed E-state index contributed by atoms with van der Waals surface area (Å²) in [5.41, 5.74) is 0. The van der Waals surface area contributed by atoms with Crippen LogP contribution in [0, 0.1) is 5.92 Å². The molecule has 2 saturated carbocycles. The third-order valence-electron chi connectivity index (χ3n) is 4.14. The Hall–Kier alpha value is 0.01000. The molecule has 5 heteroatoms. The highest BCUT2D eigenvalue weighted by Crippen LogP contribution is 2.54. The fourth-order valence-corrected chi connectivity index (χ4v) is 3.55. The first kappa shape index (κ1) is 12.1. The van der Waals surface area contributed by atoms with Gasteiger partial charge in [-0.15, -0.1) is 23.2 Å². The van der Waals surface area contributed by atoms with Crippen molar-refractivity contribution in [3.05, 3.63) is 0 Å². The molecule has 2 aliphatic carbocycles. The maximum Gasteiger partial charge on any atom is 0.229 e. The fraction of sp³-hybridized carbons (Fsp3) is 0.917. The SMILES string of the molecule is O=C([C@@H]1CC1(Cl)Cl)N1CCO[C@@H]2CCCC[C@@H]21. The Morgan fingerprint density at radius 2 is 2.00 bits per heavy atom. The predicted octanol–water partition coefficient (Wildman–Crippen LogP) is 2.35. The lowest BCUT2D eigenvalue weighted by atomic mass is 9.90. The van der Waals surface area contributed by atoms with Gasteiger partial charge in [-0.3, -0.25) is 4.79 Å². The lowest BCUT2D eigenvalue weighted by Gasteiger charge is -2.44. The van der Waals surface area contributed by atoms with E-state index in [4.69, 9.17) is 27.9 Å². The second-order valence-corrected chi connectivity index (χ2v) is 6.85. The van der Waals surface area contributed by atoms with Crippen LogP contribution in [-0.4, -0.2) is 40.4 Å². The van der Waals surface area contributed by atoms with E-state index >= 15 is 0 Å². The van der Waals surface area contributed by atoms with E-state index in [1.807, 2.05) is 4.90 Å². The van der Waals surface area contributed by atoms with Crippen molar-refractivity contribution in [2.75, 3.05) is 13.2 Å². The second-order valence-electron chi connectivity index (χ2n) is 5.31. The van der Waals surface area contributed by atoms with Gasteiger partial charge >= 0.3 is 0 Å². The zero-order valence-corrected chi connectivity index (χ0v) is 11.2. The predicted molar refractivity (Wildman–Crippen MR) is 66.3 cm³/mol. The van der Waals surface area contributed by atoms with Crippen LogP contribution in [-0.2, 0) is 9.53 Å². The van der Waals surface area contributed by atoms with E-state index in [2.05, 4.69) is 0 Å². The minimum atomic E-state index is -0.806. The number of carbonyl (C=O) groups excluding carboxylic acids is 1. The fourth-order valence-electron chi connectivity index (χ4n) is 3.05. The van der Waals surface area contributed by atoms with Gasteiger partial charge in [-0.05, 0) is 19.3 Å². The van der Waals surface area contributed by atoms with Crippen LogP contribution in [0.1, 0.15) is 32.1 Å². The summed E-state index contributed by atoms with van der Waals surface area (Å²) in [6.45, 7) is 1.34. The number of fused-ring (bicyclic) bond motifs is 1. The molecule has 3 rings (SSSR count). The summed E-state index contributed by atoms with van der Waals surface area (Å²) >= 11 is 12.0. The lowest BCUT2D eigenvalue weighted by Crippen LogP contribution is -2.55. The van der Waals surface area contributed by atoms with Crippen molar-refractivity contribution in [3.63, 3.8) is 0 Å². The Labute approximate surface area is 111 Å². The third kappa shape index (κ3) is 2.18. The van der Waals surface area contributed by atoms with Crippen molar-refractivity contribution in [3.8, 4) is 0 Å². The van der Waals surface area contributed by atoms with E-state index in [1.165, 1.54) is 12.8 Å². The summed E-state index contributed by atoms with van der Waals surface area (Å²) < 4.78 is 4.95. The Balaban J connectivity index is 1.71. The summed E-state index contributed by atoms with van der Waals surface area (Å²) in [4.78, 5) is 14.3. The summed E-state index contributed by atoms with van der Waals surface area (Å²) in [6.07, 6.45) is 5.37. The average Bonchev–Trinajstić information content (AvgIpc) is 2.97. The molecule has 1 aliphatic heterocycles. The highest BCUT2D eigenvalue weighted by molar-refractivity contribution is 6.52. The molecule has 96 valence electrons. The van der Waals surface area contributed by atoms with Gasteiger partial charge in [0.1, 0.15) is 4.33 Å². The third-order valence-corrected chi connectivity index (χ3v) is 4.97. The van der Waals surface area contributed by atoms with Gasteiger partial charge in [0.05, 0.1) is 24.7 Å². The van der Waals surface area contributed by atoms with Gasteiger partial charge < -0.3 is 9.64 Å². The van der Waals surface area contributed by atoms with Crippen LogP contribution in [0.2, 0.25) is 0 Å². The molecule has 0 radical (unpaired) electrons. The smallest absolute Gasteiger partial charge is 0.229 e. The highest BCUT2D eigenvalue weighted by Gasteiger charge is 2.58. The van der Waals surface area contributed by atoms with Gasteiger partial charge in [0.25, 0.3) is 0 Å². The molecule has 0 aromatic rings. The van der Waals surface area contributed by atoms with Crippen molar-refractivity contribution in [1.82, 2.24) is 4.90 Å². The van der Waals surface area contributed by atoms with Crippen molar-refractivity contribution < 1.29 is 9.53 Å². The van der Waals surface area contributed by atoms with Crippen molar-refractivity contribution in [2.24, 2.45) is 5.92 Å². The zero-order chi connectivity index (χ0) is 12.0. The van der Waals surface area contributed by atoms with Crippen LogP contribution in [0.25, 0.3) is 0 Å². The maximum atomic E-state index is 12.3. The highest BCUT2D eigenvalue weighted by atomic mass is 35.5. The molecule has 0 aromatic heterocycles. The van der Waals surface area contributed by atoms with Crippen LogP contribution in [0.5, 0.6) is 0 Å². The Morgan fingerprint density at radius 3 is 2.71 bits per heavy atom. The van der Waals surface area contributed by atoms with E-state index in [0.717, 1.165) is 12.8 Å². The summed E-state index contributed by atoms with van der Waals surface area (Å²) in [7, 11) is 0. The minimum absolute atomic E-state index is 0.134. The molecule has 3 nitrogen and oxygen atoms in total. The lowest BCUT2D eigenvalue weighted by molar-refractivity contribution is -0.150. The van der Waals surface area contributed by atoms with E-state index < -0.39 is 4.33 Å². The number of rotatable bonds is 1. The number of hydrogen-bond donors (Lipinski definition) is 0. The van der Waals surface area contributed by atoms with E-state index in [9.17, 15) is 4.79 Å². The monoisotopic (exact) mass is 277 g/mol. The molecule has 1 amide bonds. The molecule has 0 aromatic carbocycles. The number of ether oxygens (including phenoxy) is 1. The Morgan fingerprint density at radius 1 is 1.29 bits per heavy atom. The topological polar surface area (TPSA) is 29.5 Å². The first-order valence-electron chi connectivity index (χ1n) is 6.39. The number of amides is 1. The second kappa shape index (κ2) is 4.29. The standard InChI is InChI=1S/C12H17Cl2NO2/c13-12(14)7-8(12)11(16)15-5-6-17-10-4-2-1-3-9(10)15/h8-10H,1-7H2/t8-,9-,10+/m0/s1. The van der Waals surface area contributed by atoms with Gasteiger partial charge in [-0.25, -0.2) is 0 Å². The molecule has 3 atom stereocenters. The number of carbonyl (C=O) groups is 1. The largest absolute Gasteiger partial charge is 0.374 e. The number of hydrogen-bond acceptors (Lipinski definition) is 2. The van der Waals surface area contributed by atoms with Crippen molar-refractivity contribution >= 4 is 29.1 Å².